The summed E-state index contributed by atoms with van der Waals surface area (Å²) >= 11 is 5.87. The molecule has 0 radical (unpaired) electrons. The Labute approximate surface area is 104 Å². The molecule has 1 rings (SSSR count). The summed E-state index contributed by atoms with van der Waals surface area (Å²) in [5.74, 6) is -1.45. The topological polar surface area (TPSA) is 37.3 Å². The molecule has 0 aliphatic carbocycles. The molecule has 1 N–H and O–H groups in total. The van der Waals surface area contributed by atoms with Crippen LogP contribution in [0.1, 0.15) is 24.2 Å². The van der Waals surface area contributed by atoms with E-state index in [1.807, 2.05) is 0 Å². The fourth-order valence-electron chi connectivity index (χ4n) is 1.08. The highest BCUT2D eigenvalue weighted by Gasteiger charge is 2.21. The molecule has 2 nitrogen and oxygen atoms in total. The number of hydrogen-bond acceptors (Lipinski definition) is 2. The average Bonchev–Trinajstić information content (AvgIpc) is 2.19. The molecule has 1 aromatic rings. The highest BCUT2D eigenvalue weighted by Crippen LogP contribution is 2.36. The first kappa shape index (κ1) is 12.6. The number of hydrogen-bond donors (Lipinski definition) is 1. The Morgan fingerprint density at radius 1 is 1.47 bits per heavy atom. The fourth-order valence-corrected chi connectivity index (χ4v) is 2.20. The Hall–Kier alpha value is -0.420. The van der Waals surface area contributed by atoms with Gasteiger partial charge >= 0.3 is 0 Å². The van der Waals surface area contributed by atoms with Crippen LogP contribution in [0.3, 0.4) is 0 Å². The SMILES string of the molecule is CC(C)C(=O)c1cc(Br)c(F)c(Br)c1O. The third kappa shape index (κ3) is 2.39. The van der Waals surface area contributed by atoms with Gasteiger partial charge in [-0.25, -0.2) is 4.39 Å². The van der Waals surface area contributed by atoms with E-state index in [9.17, 15) is 14.3 Å². The first-order valence-electron chi connectivity index (χ1n) is 4.27. The minimum absolute atomic E-state index is 0.0964. The molecule has 0 aliphatic heterocycles. The lowest BCUT2D eigenvalue weighted by Crippen LogP contribution is -2.08. The van der Waals surface area contributed by atoms with Gasteiger partial charge in [0.1, 0.15) is 5.75 Å². The summed E-state index contributed by atoms with van der Waals surface area (Å²) < 4.78 is 13.3. The van der Waals surface area contributed by atoms with E-state index in [0.717, 1.165) is 0 Å². The largest absolute Gasteiger partial charge is 0.506 e. The average molecular weight is 340 g/mol. The second-order valence-electron chi connectivity index (χ2n) is 3.40. The van der Waals surface area contributed by atoms with Crippen LogP contribution in [0.4, 0.5) is 4.39 Å². The molecule has 0 amide bonds. The minimum Gasteiger partial charge on any atom is -0.506 e. The maximum Gasteiger partial charge on any atom is 0.169 e. The summed E-state index contributed by atoms with van der Waals surface area (Å²) in [5, 5.41) is 9.59. The van der Waals surface area contributed by atoms with Crippen molar-refractivity contribution < 1.29 is 14.3 Å². The molecule has 0 saturated carbocycles. The standard InChI is InChI=1S/C10H9Br2FO2/c1-4(2)9(14)5-3-6(11)8(13)7(12)10(5)15/h3-4,15H,1-2H3. The van der Waals surface area contributed by atoms with E-state index in [1.165, 1.54) is 6.07 Å². The number of rotatable bonds is 2. The molecule has 0 spiro atoms. The van der Waals surface area contributed by atoms with Crippen molar-refractivity contribution in [2.24, 2.45) is 5.92 Å². The van der Waals surface area contributed by atoms with Gasteiger partial charge in [-0.2, -0.15) is 0 Å². The van der Waals surface area contributed by atoms with Gasteiger partial charge < -0.3 is 5.11 Å². The number of phenolic OH excluding ortho intramolecular Hbond substituents is 1. The Balaban J connectivity index is 3.39. The molecule has 0 heterocycles. The maximum atomic E-state index is 13.3. The van der Waals surface area contributed by atoms with Crippen molar-refractivity contribution in [3.63, 3.8) is 0 Å². The summed E-state index contributed by atoms with van der Waals surface area (Å²) in [6, 6.07) is 1.29. The zero-order valence-electron chi connectivity index (χ0n) is 8.14. The highest BCUT2D eigenvalue weighted by molar-refractivity contribution is 9.11. The number of Topliss-reactive ketones (excluding diaryl/α,β-unsaturated/α-hetero) is 1. The van der Waals surface area contributed by atoms with E-state index in [1.54, 1.807) is 13.8 Å². The molecule has 15 heavy (non-hydrogen) atoms. The molecule has 0 unspecified atom stereocenters. The van der Waals surface area contributed by atoms with Crippen LogP contribution in [0.25, 0.3) is 0 Å². The molecule has 0 fully saturated rings. The number of aromatic hydroxyl groups is 1. The van der Waals surface area contributed by atoms with Crippen molar-refractivity contribution in [3.8, 4) is 5.75 Å². The zero-order chi connectivity index (χ0) is 11.7. The zero-order valence-corrected chi connectivity index (χ0v) is 11.3. The Bertz CT molecular complexity index is 416. The second-order valence-corrected chi connectivity index (χ2v) is 5.05. The molecule has 1 aromatic carbocycles. The van der Waals surface area contributed by atoms with Crippen LogP contribution < -0.4 is 0 Å². The second kappa shape index (κ2) is 4.61. The number of carbonyl (C=O) groups excluding carboxylic acids is 1. The van der Waals surface area contributed by atoms with Gasteiger partial charge in [0, 0.05) is 5.92 Å². The summed E-state index contributed by atoms with van der Waals surface area (Å²) in [7, 11) is 0. The van der Waals surface area contributed by atoms with Crippen LogP contribution in [0.15, 0.2) is 15.0 Å². The van der Waals surface area contributed by atoms with Crippen LogP contribution >= 0.6 is 31.9 Å². The summed E-state index contributed by atoms with van der Waals surface area (Å²) in [6.45, 7) is 3.43. The smallest absolute Gasteiger partial charge is 0.169 e. The van der Waals surface area contributed by atoms with Crippen molar-refractivity contribution >= 4 is 37.6 Å². The lowest BCUT2D eigenvalue weighted by atomic mass is 10.0. The van der Waals surface area contributed by atoms with Gasteiger partial charge in [0.05, 0.1) is 14.5 Å². The van der Waals surface area contributed by atoms with Crippen LogP contribution in [-0.2, 0) is 0 Å². The van der Waals surface area contributed by atoms with E-state index in [2.05, 4.69) is 31.9 Å². The van der Waals surface area contributed by atoms with Gasteiger partial charge in [0.25, 0.3) is 0 Å². The quantitative estimate of drug-likeness (QED) is 0.655. The van der Waals surface area contributed by atoms with Crippen LogP contribution in [-0.4, -0.2) is 10.9 Å². The van der Waals surface area contributed by atoms with Crippen LogP contribution in [0.2, 0.25) is 0 Å². The minimum atomic E-state index is -0.618. The number of benzene rings is 1. The predicted molar refractivity (Wildman–Crippen MR) is 62.6 cm³/mol. The van der Waals surface area contributed by atoms with Gasteiger partial charge in [-0.3, -0.25) is 4.79 Å². The van der Waals surface area contributed by atoms with Gasteiger partial charge in [0.15, 0.2) is 11.6 Å². The monoisotopic (exact) mass is 338 g/mol. The number of halogens is 3. The van der Waals surface area contributed by atoms with Crippen LogP contribution in [0.5, 0.6) is 5.75 Å². The third-order valence-corrected chi connectivity index (χ3v) is 3.23. The fraction of sp³-hybridized carbons (Fsp3) is 0.300. The Morgan fingerprint density at radius 3 is 2.47 bits per heavy atom. The lowest BCUT2D eigenvalue weighted by Gasteiger charge is -2.09. The van der Waals surface area contributed by atoms with Gasteiger partial charge in [-0.1, -0.05) is 13.8 Å². The van der Waals surface area contributed by atoms with Gasteiger partial charge in [0.2, 0.25) is 0 Å². The number of ketones is 1. The van der Waals surface area contributed by atoms with Gasteiger partial charge in [-0.15, -0.1) is 0 Å². The third-order valence-electron chi connectivity index (χ3n) is 1.93. The molecule has 0 bridgehead atoms. The van der Waals surface area contributed by atoms with Crippen LogP contribution in [0, 0.1) is 11.7 Å². The summed E-state index contributed by atoms with van der Waals surface area (Å²) in [4.78, 5) is 11.7. The van der Waals surface area contributed by atoms with Gasteiger partial charge in [-0.05, 0) is 37.9 Å². The summed E-state index contributed by atoms with van der Waals surface area (Å²) in [5.41, 5.74) is 0.116. The molecule has 0 saturated heterocycles. The first-order chi connectivity index (χ1) is 6.86. The first-order valence-corrected chi connectivity index (χ1v) is 5.85. The number of phenols is 1. The molecular weight excluding hydrogens is 331 g/mol. The van der Waals surface area contributed by atoms with Crippen molar-refractivity contribution in [3.05, 3.63) is 26.4 Å². The molecule has 0 aliphatic rings. The molecule has 5 heteroatoms. The molecule has 0 atom stereocenters. The lowest BCUT2D eigenvalue weighted by molar-refractivity contribution is 0.0936. The van der Waals surface area contributed by atoms with E-state index >= 15 is 0 Å². The molecule has 82 valence electrons. The summed E-state index contributed by atoms with van der Waals surface area (Å²) in [6.07, 6.45) is 0. The predicted octanol–water partition coefficient (Wildman–Crippen LogP) is 3.90. The number of carbonyl (C=O) groups is 1. The Morgan fingerprint density at radius 2 is 2.00 bits per heavy atom. The van der Waals surface area contributed by atoms with Crippen molar-refractivity contribution in [1.82, 2.24) is 0 Å². The van der Waals surface area contributed by atoms with E-state index in [0.29, 0.717) is 0 Å². The van der Waals surface area contributed by atoms with Crippen molar-refractivity contribution in [2.45, 2.75) is 13.8 Å². The van der Waals surface area contributed by atoms with E-state index in [-0.39, 0.29) is 32.0 Å². The Kier molecular flexibility index (Phi) is 3.89. The van der Waals surface area contributed by atoms with E-state index < -0.39 is 5.82 Å². The molecule has 0 aromatic heterocycles. The molecular formula is C10H9Br2FO2. The maximum absolute atomic E-state index is 13.3. The van der Waals surface area contributed by atoms with Crippen molar-refractivity contribution in [1.29, 1.82) is 0 Å². The van der Waals surface area contributed by atoms with E-state index in [4.69, 9.17) is 0 Å². The van der Waals surface area contributed by atoms with Crippen molar-refractivity contribution in [2.75, 3.05) is 0 Å². The highest BCUT2D eigenvalue weighted by atomic mass is 79.9. The normalized spacial score (nSPS) is 10.8.